The molecule has 0 aliphatic heterocycles. The van der Waals surface area contributed by atoms with E-state index in [0.717, 1.165) is 0 Å². The summed E-state index contributed by atoms with van der Waals surface area (Å²) in [5.41, 5.74) is 2.66. The van der Waals surface area contributed by atoms with E-state index < -0.39 is 8.24 Å². The van der Waals surface area contributed by atoms with Crippen molar-refractivity contribution >= 4 is 29.5 Å². The van der Waals surface area contributed by atoms with Gasteiger partial charge in [0.1, 0.15) is 0 Å². The van der Waals surface area contributed by atoms with Crippen LogP contribution in [0.3, 0.4) is 0 Å². The van der Waals surface area contributed by atoms with Crippen molar-refractivity contribution in [1.82, 2.24) is 4.23 Å². The summed E-state index contributed by atoms with van der Waals surface area (Å²) in [6.45, 7) is 4.69. The Kier molecular flexibility index (Phi) is 3.62. The van der Waals surface area contributed by atoms with Gasteiger partial charge in [0, 0.05) is 11.2 Å². The van der Waals surface area contributed by atoms with Crippen LogP contribution >= 0.6 is 0 Å². The summed E-state index contributed by atoms with van der Waals surface area (Å²) in [5, 5.41) is 4.18. The SMILES string of the molecule is Cc1cc2ccccc2n1[Si](C)(c1ccccc1)c1ccccc1. The number of nitrogens with zero attached hydrogens (tertiary/aromatic N) is 1. The predicted molar refractivity (Wildman–Crippen MR) is 106 cm³/mol. The van der Waals surface area contributed by atoms with Gasteiger partial charge >= 0.3 is 0 Å². The Bertz CT molecular complexity index is 931. The fourth-order valence-corrected chi connectivity index (χ4v) is 7.82. The number of aromatic nitrogens is 1. The third-order valence-corrected chi connectivity index (χ3v) is 9.42. The van der Waals surface area contributed by atoms with Crippen LogP contribution in [0.1, 0.15) is 5.69 Å². The molecular formula is C22H21NSi. The average molecular weight is 328 g/mol. The molecule has 0 unspecified atom stereocenters. The van der Waals surface area contributed by atoms with E-state index in [1.807, 2.05) is 0 Å². The summed E-state index contributed by atoms with van der Waals surface area (Å²) in [6.07, 6.45) is 0. The van der Waals surface area contributed by atoms with Crippen LogP contribution in [-0.2, 0) is 0 Å². The van der Waals surface area contributed by atoms with Gasteiger partial charge in [-0.15, -0.1) is 0 Å². The van der Waals surface area contributed by atoms with Crippen LogP contribution in [0.15, 0.2) is 91.0 Å². The molecule has 0 radical (unpaired) electrons. The number of aryl methyl sites for hydroxylation is 1. The lowest BCUT2D eigenvalue weighted by molar-refractivity contribution is 1.14. The average Bonchev–Trinajstić information content (AvgIpc) is 2.99. The molecule has 0 aliphatic rings. The summed E-state index contributed by atoms with van der Waals surface area (Å²) in [6, 6.07) is 33.0. The smallest absolute Gasteiger partial charge is 0.221 e. The van der Waals surface area contributed by atoms with Gasteiger partial charge in [0.25, 0.3) is 0 Å². The molecule has 0 saturated carbocycles. The zero-order chi connectivity index (χ0) is 16.6. The van der Waals surface area contributed by atoms with Crippen molar-refractivity contribution in [2.45, 2.75) is 13.5 Å². The molecule has 1 aromatic heterocycles. The monoisotopic (exact) mass is 327 g/mol. The first-order valence-electron chi connectivity index (χ1n) is 8.40. The van der Waals surface area contributed by atoms with Crippen molar-refractivity contribution in [3.05, 3.63) is 96.7 Å². The Morgan fingerprint density at radius 1 is 0.667 bits per heavy atom. The Balaban J connectivity index is 2.09. The number of hydrogen-bond acceptors (Lipinski definition) is 0. The van der Waals surface area contributed by atoms with Crippen LogP contribution in [0.4, 0.5) is 0 Å². The molecule has 118 valence electrons. The largest absolute Gasteiger partial charge is 0.363 e. The highest BCUT2D eigenvalue weighted by Gasteiger charge is 2.36. The van der Waals surface area contributed by atoms with Crippen LogP contribution in [0.2, 0.25) is 6.55 Å². The van der Waals surface area contributed by atoms with Crippen LogP contribution < -0.4 is 10.4 Å². The Hall–Kier alpha value is -2.58. The second-order valence-corrected chi connectivity index (χ2v) is 10.2. The number of benzene rings is 3. The molecule has 0 N–H and O–H groups in total. The minimum absolute atomic E-state index is 1.32. The number of hydrogen-bond donors (Lipinski definition) is 0. The molecule has 1 heterocycles. The predicted octanol–water partition coefficient (Wildman–Crippen LogP) is 4.19. The minimum Gasteiger partial charge on any atom is -0.363 e. The fourth-order valence-electron chi connectivity index (χ4n) is 3.84. The minimum atomic E-state index is -2.12. The molecule has 0 fully saturated rings. The van der Waals surface area contributed by atoms with E-state index in [-0.39, 0.29) is 0 Å². The normalized spacial score (nSPS) is 11.8. The fraction of sp³-hybridized carbons (Fsp3) is 0.0909. The van der Waals surface area contributed by atoms with Crippen molar-refractivity contribution in [3.8, 4) is 0 Å². The van der Waals surface area contributed by atoms with Gasteiger partial charge in [0.05, 0.1) is 0 Å². The van der Waals surface area contributed by atoms with Gasteiger partial charge in [0.15, 0.2) is 0 Å². The summed E-state index contributed by atoms with van der Waals surface area (Å²) in [5.74, 6) is 0. The quantitative estimate of drug-likeness (QED) is 0.497. The second-order valence-electron chi connectivity index (χ2n) is 6.48. The zero-order valence-electron chi connectivity index (χ0n) is 14.1. The lowest BCUT2D eigenvalue weighted by Crippen LogP contribution is -2.62. The third-order valence-electron chi connectivity index (χ3n) is 5.01. The van der Waals surface area contributed by atoms with Gasteiger partial charge in [-0.05, 0) is 41.4 Å². The van der Waals surface area contributed by atoms with E-state index in [9.17, 15) is 0 Å². The maximum atomic E-state index is 2.60. The molecule has 4 rings (SSSR count). The van der Waals surface area contributed by atoms with Crippen LogP contribution in [0.25, 0.3) is 10.9 Å². The number of para-hydroxylation sites is 1. The molecule has 4 aromatic rings. The van der Waals surface area contributed by atoms with Crippen LogP contribution in [-0.4, -0.2) is 12.5 Å². The first-order valence-corrected chi connectivity index (χ1v) is 10.8. The van der Waals surface area contributed by atoms with Gasteiger partial charge in [0.2, 0.25) is 8.24 Å². The highest BCUT2D eigenvalue weighted by molar-refractivity contribution is 7.00. The van der Waals surface area contributed by atoms with Gasteiger partial charge in [-0.1, -0.05) is 78.9 Å². The summed E-state index contributed by atoms with van der Waals surface area (Å²) >= 11 is 0. The van der Waals surface area contributed by atoms with E-state index in [1.54, 1.807) is 0 Å². The number of fused-ring (bicyclic) bond motifs is 1. The van der Waals surface area contributed by atoms with Gasteiger partial charge in [-0.25, -0.2) is 0 Å². The molecular weight excluding hydrogens is 306 g/mol. The van der Waals surface area contributed by atoms with E-state index in [0.29, 0.717) is 0 Å². The van der Waals surface area contributed by atoms with Crippen molar-refractivity contribution in [1.29, 1.82) is 0 Å². The van der Waals surface area contributed by atoms with Gasteiger partial charge in [-0.2, -0.15) is 0 Å². The molecule has 0 aliphatic carbocycles. The van der Waals surface area contributed by atoms with Crippen LogP contribution in [0.5, 0.6) is 0 Å². The highest BCUT2D eigenvalue weighted by atomic mass is 28.3. The van der Waals surface area contributed by atoms with E-state index in [4.69, 9.17) is 0 Å². The van der Waals surface area contributed by atoms with Crippen molar-refractivity contribution in [2.75, 3.05) is 0 Å². The Labute approximate surface area is 144 Å². The molecule has 0 saturated heterocycles. The first kappa shape index (κ1) is 15.0. The molecule has 0 amide bonds. The van der Waals surface area contributed by atoms with Crippen molar-refractivity contribution < 1.29 is 0 Å². The molecule has 3 aromatic carbocycles. The van der Waals surface area contributed by atoms with Gasteiger partial charge in [-0.3, -0.25) is 0 Å². The zero-order valence-corrected chi connectivity index (χ0v) is 15.1. The van der Waals surface area contributed by atoms with E-state index in [1.165, 1.54) is 27.0 Å². The lowest BCUT2D eigenvalue weighted by Gasteiger charge is -2.32. The number of rotatable bonds is 3. The maximum absolute atomic E-state index is 2.60. The molecule has 2 heteroatoms. The van der Waals surface area contributed by atoms with Crippen LogP contribution in [0, 0.1) is 6.92 Å². The molecule has 0 spiro atoms. The third kappa shape index (κ3) is 2.22. The Morgan fingerprint density at radius 2 is 1.17 bits per heavy atom. The second kappa shape index (κ2) is 5.80. The summed E-state index contributed by atoms with van der Waals surface area (Å²) < 4.78 is 2.60. The van der Waals surface area contributed by atoms with Crippen molar-refractivity contribution in [3.63, 3.8) is 0 Å². The van der Waals surface area contributed by atoms with Gasteiger partial charge < -0.3 is 4.23 Å². The molecule has 0 atom stereocenters. The van der Waals surface area contributed by atoms with E-state index in [2.05, 4.69) is 109 Å². The topological polar surface area (TPSA) is 4.93 Å². The van der Waals surface area contributed by atoms with E-state index >= 15 is 0 Å². The lowest BCUT2D eigenvalue weighted by atomic mass is 10.2. The van der Waals surface area contributed by atoms with Crippen molar-refractivity contribution in [2.24, 2.45) is 0 Å². The maximum Gasteiger partial charge on any atom is 0.221 e. The molecule has 1 nitrogen and oxygen atoms in total. The summed E-state index contributed by atoms with van der Waals surface area (Å²) in [7, 11) is -2.12. The summed E-state index contributed by atoms with van der Waals surface area (Å²) in [4.78, 5) is 0. The molecule has 0 bridgehead atoms. The molecule has 24 heavy (non-hydrogen) atoms. The highest BCUT2D eigenvalue weighted by Crippen LogP contribution is 2.24. The first-order chi connectivity index (χ1) is 11.7. The standard InChI is InChI=1S/C22H21NSi/c1-18-17-19-11-9-10-16-22(19)23(18)24(2,20-12-5-3-6-13-20)21-14-7-4-8-15-21/h3-17H,1-2H3. The Morgan fingerprint density at radius 3 is 1.75 bits per heavy atom.